The normalized spacial score (nSPS) is 10.9. The van der Waals surface area contributed by atoms with Gasteiger partial charge < -0.3 is 14.4 Å². The molecule has 1 aromatic heterocycles. The van der Waals surface area contributed by atoms with Crippen molar-refractivity contribution in [2.24, 2.45) is 0 Å². The minimum atomic E-state index is -0.171. The number of benzene rings is 3. The lowest BCUT2D eigenvalue weighted by Gasteiger charge is -2.14. The van der Waals surface area contributed by atoms with Crippen LogP contribution in [0.25, 0.3) is 11.4 Å². The number of hydrogen-bond donors (Lipinski definition) is 1. The summed E-state index contributed by atoms with van der Waals surface area (Å²) in [4.78, 5) is 4.49. The Hall–Kier alpha value is -3.08. The molecule has 0 saturated carbocycles. The smallest absolute Gasteiger partial charge is 0.153 e. The number of aromatic nitrogens is 2. The molecular weight excluding hydrogens is 396 g/mol. The molecule has 0 saturated heterocycles. The van der Waals surface area contributed by atoms with Gasteiger partial charge in [0.1, 0.15) is 18.2 Å². The van der Waals surface area contributed by atoms with Crippen molar-refractivity contribution >= 4 is 11.6 Å². The fraction of sp³-hybridized carbons (Fsp3) is 0.160. The van der Waals surface area contributed by atoms with Crippen molar-refractivity contribution < 1.29 is 9.84 Å². The summed E-state index contributed by atoms with van der Waals surface area (Å²) >= 11 is 6.31. The molecule has 0 aliphatic carbocycles. The molecule has 0 spiro atoms. The van der Waals surface area contributed by atoms with E-state index in [2.05, 4.69) is 11.1 Å². The molecule has 0 radical (unpaired) electrons. The first-order valence-corrected chi connectivity index (χ1v) is 10.2. The predicted molar refractivity (Wildman–Crippen MR) is 120 cm³/mol. The molecule has 4 rings (SSSR count). The molecule has 1 heterocycles. The number of nitrogens with zero attached hydrogens (tertiary/aromatic N) is 2. The molecule has 30 heavy (non-hydrogen) atoms. The van der Waals surface area contributed by atoms with E-state index >= 15 is 0 Å². The molecule has 0 aliphatic heterocycles. The maximum absolute atomic E-state index is 9.85. The number of ether oxygens (including phenoxy) is 1. The lowest BCUT2D eigenvalue weighted by Crippen LogP contribution is -2.07. The Morgan fingerprint density at radius 1 is 0.933 bits per heavy atom. The quantitative estimate of drug-likeness (QED) is 0.423. The van der Waals surface area contributed by atoms with Crippen molar-refractivity contribution in [2.45, 2.75) is 26.7 Å². The SMILES string of the molecule is Cc1cc(Cn2c(-c3ccccc3)nc(Cl)c2CO)ccc1OCc1ccccc1. The molecule has 3 aromatic carbocycles. The Bertz CT molecular complexity index is 1120. The van der Waals surface area contributed by atoms with Gasteiger partial charge >= 0.3 is 0 Å². The highest BCUT2D eigenvalue weighted by atomic mass is 35.5. The highest BCUT2D eigenvalue weighted by Gasteiger charge is 2.17. The first-order valence-electron chi connectivity index (χ1n) is 9.83. The van der Waals surface area contributed by atoms with E-state index in [0.717, 1.165) is 33.8 Å². The molecule has 0 fully saturated rings. The summed E-state index contributed by atoms with van der Waals surface area (Å²) in [6, 6.07) is 26.1. The summed E-state index contributed by atoms with van der Waals surface area (Å²) < 4.78 is 7.96. The topological polar surface area (TPSA) is 47.3 Å². The third kappa shape index (κ3) is 4.40. The van der Waals surface area contributed by atoms with Crippen molar-refractivity contribution in [3.05, 3.63) is 106 Å². The van der Waals surface area contributed by atoms with E-state index in [1.807, 2.05) is 84.3 Å². The third-order valence-corrected chi connectivity index (χ3v) is 5.33. The van der Waals surface area contributed by atoms with Crippen LogP contribution < -0.4 is 4.74 Å². The van der Waals surface area contributed by atoms with Gasteiger partial charge in [0.2, 0.25) is 0 Å². The molecule has 5 heteroatoms. The summed E-state index contributed by atoms with van der Waals surface area (Å²) in [7, 11) is 0. The number of aryl methyl sites for hydroxylation is 1. The summed E-state index contributed by atoms with van der Waals surface area (Å²) in [5, 5.41) is 10.2. The molecule has 0 bridgehead atoms. The van der Waals surface area contributed by atoms with Gasteiger partial charge in [0, 0.05) is 12.1 Å². The van der Waals surface area contributed by atoms with E-state index in [1.165, 1.54) is 0 Å². The monoisotopic (exact) mass is 418 g/mol. The molecule has 0 unspecified atom stereocenters. The van der Waals surface area contributed by atoms with Gasteiger partial charge in [-0.1, -0.05) is 84.4 Å². The molecular formula is C25H23ClN2O2. The maximum atomic E-state index is 9.85. The number of halogens is 1. The predicted octanol–water partition coefficient (Wildman–Crippen LogP) is 5.63. The van der Waals surface area contributed by atoms with E-state index in [9.17, 15) is 5.11 Å². The highest BCUT2D eigenvalue weighted by molar-refractivity contribution is 6.30. The summed E-state index contributed by atoms with van der Waals surface area (Å²) in [6.45, 7) is 2.95. The second kappa shape index (κ2) is 9.16. The second-order valence-corrected chi connectivity index (χ2v) is 7.52. The lowest BCUT2D eigenvalue weighted by molar-refractivity contribution is 0.272. The molecule has 1 N–H and O–H groups in total. The molecule has 4 aromatic rings. The number of aliphatic hydroxyl groups is 1. The second-order valence-electron chi connectivity index (χ2n) is 7.16. The Balaban J connectivity index is 1.58. The largest absolute Gasteiger partial charge is 0.489 e. The molecule has 0 aliphatic rings. The minimum absolute atomic E-state index is 0.171. The average Bonchev–Trinajstić information content (AvgIpc) is 3.09. The molecule has 152 valence electrons. The van der Waals surface area contributed by atoms with Gasteiger partial charge in [-0.15, -0.1) is 0 Å². The van der Waals surface area contributed by atoms with Crippen LogP contribution in [0.2, 0.25) is 5.15 Å². The van der Waals surface area contributed by atoms with Crippen molar-refractivity contribution in [3.8, 4) is 17.1 Å². The van der Waals surface area contributed by atoms with Crippen LogP contribution >= 0.6 is 11.6 Å². The van der Waals surface area contributed by atoms with Gasteiger partial charge in [-0.25, -0.2) is 4.98 Å². The van der Waals surface area contributed by atoms with Crippen LogP contribution in [0.3, 0.4) is 0 Å². The van der Waals surface area contributed by atoms with Crippen LogP contribution in [0.5, 0.6) is 5.75 Å². The first-order chi connectivity index (χ1) is 14.7. The Kier molecular flexibility index (Phi) is 6.17. The fourth-order valence-electron chi connectivity index (χ4n) is 3.48. The van der Waals surface area contributed by atoms with Crippen LogP contribution in [0.4, 0.5) is 0 Å². The van der Waals surface area contributed by atoms with Crippen LogP contribution in [0.1, 0.15) is 22.4 Å². The zero-order valence-electron chi connectivity index (χ0n) is 16.8. The van der Waals surface area contributed by atoms with Crippen LogP contribution in [-0.4, -0.2) is 14.7 Å². The van der Waals surface area contributed by atoms with Gasteiger partial charge in [0.05, 0.1) is 12.3 Å². The van der Waals surface area contributed by atoms with Crippen molar-refractivity contribution in [1.82, 2.24) is 9.55 Å². The lowest BCUT2D eigenvalue weighted by atomic mass is 10.1. The summed E-state index contributed by atoms with van der Waals surface area (Å²) in [6.07, 6.45) is 0. The van der Waals surface area contributed by atoms with E-state index in [1.54, 1.807) is 0 Å². The Morgan fingerprint density at radius 2 is 1.63 bits per heavy atom. The van der Waals surface area contributed by atoms with E-state index in [4.69, 9.17) is 16.3 Å². The maximum Gasteiger partial charge on any atom is 0.153 e. The fourth-order valence-corrected chi connectivity index (χ4v) is 3.72. The summed E-state index contributed by atoms with van der Waals surface area (Å²) in [5.74, 6) is 1.60. The van der Waals surface area contributed by atoms with Crippen molar-refractivity contribution in [2.75, 3.05) is 0 Å². The number of imidazole rings is 1. The van der Waals surface area contributed by atoms with Gasteiger partial charge in [0.25, 0.3) is 0 Å². The Labute approximate surface area is 181 Å². The summed E-state index contributed by atoms with van der Waals surface area (Å²) in [5.41, 5.74) is 4.84. The van der Waals surface area contributed by atoms with Gasteiger partial charge in [-0.2, -0.15) is 0 Å². The van der Waals surface area contributed by atoms with Gasteiger partial charge in [-0.3, -0.25) is 0 Å². The van der Waals surface area contributed by atoms with Crippen molar-refractivity contribution in [3.63, 3.8) is 0 Å². The minimum Gasteiger partial charge on any atom is -0.489 e. The average molecular weight is 419 g/mol. The zero-order valence-corrected chi connectivity index (χ0v) is 17.5. The third-order valence-electron chi connectivity index (χ3n) is 5.02. The van der Waals surface area contributed by atoms with Crippen molar-refractivity contribution in [1.29, 1.82) is 0 Å². The number of aliphatic hydroxyl groups excluding tert-OH is 1. The molecule has 0 atom stereocenters. The van der Waals surface area contributed by atoms with Gasteiger partial charge in [-0.05, 0) is 29.7 Å². The van der Waals surface area contributed by atoms with Gasteiger partial charge in [0.15, 0.2) is 5.15 Å². The first kappa shape index (κ1) is 20.2. The standard InChI is InChI=1S/C25H23ClN2O2/c1-18-14-20(12-13-23(18)30-17-19-8-4-2-5-9-19)15-28-22(16-29)24(26)27-25(28)21-10-6-3-7-11-21/h2-14,29H,15-17H2,1H3. The van der Waals surface area contributed by atoms with E-state index in [0.29, 0.717) is 24.0 Å². The van der Waals surface area contributed by atoms with Crippen LogP contribution in [0, 0.1) is 6.92 Å². The number of rotatable bonds is 7. The van der Waals surface area contributed by atoms with E-state index in [-0.39, 0.29) is 6.61 Å². The number of hydrogen-bond acceptors (Lipinski definition) is 3. The zero-order chi connectivity index (χ0) is 20.9. The van der Waals surface area contributed by atoms with Crippen LogP contribution in [-0.2, 0) is 19.8 Å². The molecule has 4 nitrogen and oxygen atoms in total. The van der Waals surface area contributed by atoms with Crippen LogP contribution in [0.15, 0.2) is 78.9 Å². The molecule has 0 amide bonds. The highest BCUT2D eigenvalue weighted by Crippen LogP contribution is 2.28. The van der Waals surface area contributed by atoms with E-state index < -0.39 is 0 Å². The Morgan fingerprint density at radius 3 is 2.30 bits per heavy atom.